The van der Waals surface area contributed by atoms with Gasteiger partial charge in [-0.3, -0.25) is 4.79 Å². The van der Waals surface area contributed by atoms with Crippen molar-refractivity contribution >= 4 is 39.1 Å². The van der Waals surface area contributed by atoms with Gasteiger partial charge >= 0.3 is 0 Å². The van der Waals surface area contributed by atoms with Gasteiger partial charge in [0.05, 0.1) is 4.88 Å². The van der Waals surface area contributed by atoms with E-state index in [2.05, 4.69) is 18.8 Å². The molecule has 6 heteroatoms. The lowest BCUT2D eigenvalue weighted by Gasteiger charge is -2.35. The fourth-order valence-corrected chi connectivity index (χ4v) is 4.23. The number of nitrogens with two attached hydrogens (primary N) is 1. The van der Waals surface area contributed by atoms with E-state index in [9.17, 15) is 4.79 Å². The van der Waals surface area contributed by atoms with Crippen molar-refractivity contribution in [3.63, 3.8) is 0 Å². The number of rotatable bonds is 2. The predicted octanol–water partition coefficient (Wildman–Crippen LogP) is 3.15. The Kier molecular flexibility index (Phi) is 3.67. The summed E-state index contributed by atoms with van der Waals surface area (Å²) in [6.07, 6.45) is 0.963. The number of carbonyl (C=O) groups is 1. The van der Waals surface area contributed by atoms with E-state index in [1.165, 1.54) is 11.3 Å². The number of nitrogens with zero attached hydrogens (tertiary/aromatic N) is 2. The van der Waals surface area contributed by atoms with Crippen LogP contribution in [0.3, 0.4) is 0 Å². The van der Waals surface area contributed by atoms with Crippen LogP contribution in [0.15, 0.2) is 18.2 Å². The molecular formula is C15H18ClN3OS. The molecule has 4 nitrogen and oxygen atoms in total. The highest BCUT2D eigenvalue weighted by Crippen LogP contribution is 2.36. The molecule has 1 aliphatic rings. The Bertz CT molecular complexity index is 697. The van der Waals surface area contributed by atoms with E-state index in [0.29, 0.717) is 22.5 Å². The van der Waals surface area contributed by atoms with Crippen LogP contribution in [0, 0.1) is 5.92 Å². The van der Waals surface area contributed by atoms with Gasteiger partial charge in [0.15, 0.2) is 0 Å². The van der Waals surface area contributed by atoms with E-state index in [-0.39, 0.29) is 11.4 Å². The van der Waals surface area contributed by atoms with Crippen LogP contribution >= 0.6 is 22.9 Å². The zero-order valence-corrected chi connectivity index (χ0v) is 13.7. The maximum absolute atomic E-state index is 12.8. The lowest BCUT2D eigenvalue weighted by molar-refractivity contribution is 0.0612. The molecule has 0 aliphatic carbocycles. The maximum atomic E-state index is 12.8. The fourth-order valence-electron chi connectivity index (χ4n) is 3.05. The second-order valence-corrected chi connectivity index (χ2v) is 7.39. The molecule has 0 radical (unpaired) electrons. The van der Waals surface area contributed by atoms with Crippen LogP contribution in [0.25, 0.3) is 10.2 Å². The number of aromatic nitrogens is 1. The minimum atomic E-state index is -0.201. The number of hydrogen-bond donors (Lipinski definition) is 1. The average molecular weight is 324 g/mol. The number of halogens is 1. The van der Waals surface area contributed by atoms with Crippen LogP contribution in [0.1, 0.15) is 29.9 Å². The summed E-state index contributed by atoms with van der Waals surface area (Å²) in [5.41, 5.74) is 5.63. The van der Waals surface area contributed by atoms with Crippen LogP contribution in [-0.4, -0.2) is 34.4 Å². The molecule has 2 N–H and O–H groups in total. The van der Waals surface area contributed by atoms with Gasteiger partial charge in [-0.05, 0) is 50.9 Å². The Labute approximate surface area is 132 Å². The second-order valence-electron chi connectivity index (χ2n) is 5.97. The molecule has 0 spiro atoms. The first kappa shape index (κ1) is 14.8. The Morgan fingerprint density at radius 3 is 3.00 bits per heavy atom. The van der Waals surface area contributed by atoms with E-state index in [1.54, 1.807) is 6.07 Å². The summed E-state index contributed by atoms with van der Waals surface area (Å²) < 4.78 is 0. The number of hydrogen-bond acceptors (Lipinski definition) is 4. The highest BCUT2D eigenvalue weighted by atomic mass is 35.5. The van der Waals surface area contributed by atoms with Gasteiger partial charge in [0, 0.05) is 17.5 Å². The molecule has 2 aromatic heterocycles. The molecule has 3 heterocycles. The Hall–Kier alpha value is -1.17. The predicted molar refractivity (Wildman–Crippen MR) is 86.9 cm³/mol. The molecule has 0 saturated carbocycles. The summed E-state index contributed by atoms with van der Waals surface area (Å²) in [5, 5.41) is 1.41. The lowest BCUT2D eigenvalue weighted by Crippen LogP contribution is -2.47. The summed E-state index contributed by atoms with van der Waals surface area (Å²) in [7, 11) is 0. The fraction of sp³-hybridized carbons (Fsp3) is 0.467. The minimum absolute atomic E-state index is 0.0649. The number of pyridine rings is 1. The molecule has 2 aromatic rings. The zero-order chi connectivity index (χ0) is 15.2. The van der Waals surface area contributed by atoms with Crippen molar-refractivity contribution in [1.29, 1.82) is 0 Å². The molecular weight excluding hydrogens is 306 g/mol. The third-order valence-electron chi connectivity index (χ3n) is 4.49. The summed E-state index contributed by atoms with van der Waals surface area (Å²) in [5.74, 6) is 0.415. The number of fused-ring (bicyclic) bond motifs is 1. The molecule has 1 amide bonds. The zero-order valence-electron chi connectivity index (χ0n) is 12.1. The summed E-state index contributed by atoms with van der Waals surface area (Å²) in [4.78, 5) is 20.5. The first-order chi connectivity index (χ1) is 9.93. The van der Waals surface area contributed by atoms with E-state index >= 15 is 0 Å². The molecule has 1 atom stereocenters. The molecule has 0 bridgehead atoms. The van der Waals surface area contributed by atoms with Crippen LogP contribution in [0.5, 0.6) is 0 Å². The first-order valence-corrected chi connectivity index (χ1v) is 8.21. The number of amides is 1. The minimum Gasteiger partial charge on any atom is -0.332 e. The normalized spacial score (nSPS) is 21.1. The van der Waals surface area contributed by atoms with Crippen LogP contribution in [-0.2, 0) is 0 Å². The van der Waals surface area contributed by atoms with Gasteiger partial charge in [-0.15, -0.1) is 11.3 Å². The highest BCUT2D eigenvalue weighted by molar-refractivity contribution is 7.20. The standard InChI is InChI=1S/C15H18ClN3OS/c1-15(2)10(8-17)5-6-19(15)14(20)11-7-9-3-4-12(16)18-13(9)21-11/h3-4,7,10H,5-6,8,17H2,1-2H3. The molecule has 3 rings (SSSR count). The Morgan fingerprint density at radius 1 is 1.57 bits per heavy atom. The van der Waals surface area contributed by atoms with Crippen molar-refractivity contribution in [3.8, 4) is 0 Å². The van der Waals surface area contributed by atoms with E-state index < -0.39 is 0 Å². The van der Waals surface area contributed by atoms with Crippen molar-refractivity contribution in [1.82, 2.24) is 9.88 Å². The third-order valence-corrected chi connectivity index (χ3v) is 5.73. The van der Waals surface area contributed by atoms with Gasteiger partial charge in [0.1, 0.15) is 9.98 Å². The maximum Gasteiger partial charge on any atom is 0.264 e. The number of likely N-dealkylation sites (tertiary alicyclic amines) is 1. The van der Waals surface area contributed by atoms with Gasteiger partial charge in [-0.2, -0.15) is 0 Å². The van der Waals surface area contributed by atoms with Crippen molar-refractivity contribution in [3.05, 3.63) is 28.2 Å². The van der Waals surface area contributed by atoms with E-state index in [4.69, 9.17) is 17.3 Å². The Balaban J connectivity index is 1.94. The monoisotopic (exact) mass is 323 g/mol. The van der Waals surface area contributed by atoms with E-state index in [1.807, 2.05) is 17.0 Å². The largest absolute Gasteiger partial charge is 0.332 e. The van der Waals surface area contributed by atoms with E-state index in [0.717, 1.165) is 23.2 Å². The van der Waals surface area contributed by atoms with Crippen molar-refractivity contribution in [2.75, 3.05) is 13.1 Å². The second kappa shape index (κ2) is 5.23. The smallest absolute Gasteiger partial charge is 0.264 e. The molecule has 1 aliphatic heterocycles. The van der Waals surface area contributed by atoms with Crippen LogP contribution in [0.2, 0.25) is 5.15 Å². The van der Waals surface area contributed by atoms with Gasteiger partial charge < -0.3 is 10.6 Å². The topological polar surface area (TPSA) is 59.2 Å². The molecule has 0 aromatic carbocycles. The van der Waals surface area contributed by atoms with Gasteiger partial charge in [0.25, 0.3) is 5.91 Å². The van der Waals surface area contributed by atoms with Crippen LogP contribution < -0.4 is 5.73 Å². The summed E-state index contributed by atoms with van der Waals surface area (Å²) >= 11 is 7.30. The SMILES string of the molecule is CC1(C)C(CN)CCN1C(=O)c1cc2ccc(Cl)nc2s1. The number of carbonyl (C=O) groups excluding carboxylic acids is 1. The van der Waals surface area contributed by atoms with Crippen LogP contribution in [0.4, 0.5) is 0 Å². The molecule has 112 valence electrons. The molecule has 1 unspecified atom stereocenters. The van der Waals surface area contributed by atoms with Crippen molar-refractivity contribution in [2.45, 2.75) is 25.8 Å². The number of thiophene rings is 1. The molecule has 1 fully saturated rings. The summed E-state index contributed by atoms with van der Waals surface area (Å²) in [6, 6.07) is 5.54. The highest BCUT2D eigenvalue weighted by Gasteiger charge is 2.43. The third kappa shape index (κ3) is 2.43. The molecule has 1 saturated heterocycles. The quantitative estimate of drug-likeness (QED) is 0.864. The average Bonchev–Trinajstić information content (AvgIpc) is 2.97. The van der Waals surface area contributed by atoms with Gasteiger partial charge in [-0.1, -0.05) is 11.6 Å². The summed E-state index contributed by atoms with van der Waals surface area (Å²) in [6.45, 7) is 5.56. The van der Waals surface area contributed by atoms with Gasteiger partial charge in [-0.25, -0.2) is 4.98 Å². The first-order valence-electron chi connectivity index (χ1n) is 7.01. The Morgan fingerprint density at radius 2 is 2.33 bits per heavy atom. The van der Waals surface area contributed by atoms with Crippen molar-refractivity contribution < 1.29 is 4.79 Å². The van der Waals surface area contributed by atoms with Crippen molar-refractivity contribution in [2.24, 2.45) is 11.7 Å². The van der Waals surface area contributed by atoms with Gasteiger partial charge in [0.2, 0.25) is 0 Å². The molecule has 21 heavy (non-hydrogen) atoms. The lowest BCUT2D eigenvalue weighted by atomic mass is 9.88.